The molecule has 2 saturated heterocycles. The number of amides is 1. The largest absolute Gasteiger partial charge is 0.377 e. The zero-order valence-corrected chi connectivity index (χ0v) is 16.3. The minimum atomic E-state index is -0.391. The van der Waals surface area contributed by atoms with E-state index in [-0.39, 0.29) is 5.91 Å². The molecule has 1 N–H and O–H groups in total. The molecule has 2 aliphatic rings. The van der Waals surface area contributed by atoms with Crippen molar-refractivity contribution >= 4 is 11.6 Å². The van der Waals surface area contributed by atoms with E-state index in [1.807, 2.05) is 29.2 Å². The third-order valence-corrected chi connectivity index (χ3v) is 5.84. The number of rotatable bonds is 7. The molecule has 2 aromatic rings. The topological polar surface area (TPSA) is 44.8 Å². The Bertz CT molecular complexity index is 760. The van der Waals surface area contributed by atoms with Crippen LogP contribution in [-0.4, -0.2) is 49.3 Å². The molecule has 1 amide bonds. The first-order valence-corrected chi connectivity index (χ1v) is 10.2. The Kier molecular flexibility index (Phi) is 5.93. The molecule has 4 rings (SSSR count). The minimum Gasteiger partial charge on any atom is -0.377 e. The fraction of sp³-hybridized carbons (Fsp3) is 0.435. The van der Waals surface area contributed by atoms with Crippen LogP contribution < -0.4 is 10.2 Å². The van der Waals surface area contributed by atoms with Crippen LogP contribution in [0.25, 0.3) is 0 Å². The molecule has 2 fully saturated rings. The highest BCUT2D eigenvalue weighted by Crippen LogP contribution is 2.38. The normalized spacial score (nSPS) is 18.8. The Hall–Kier alpha value is -2.37. The molecule has 5 heteroatoms. The molecule has 5 nitrogen and oxygen atoms in total. The average Bonchev–Trinajstić information content (AvgIpc) is 3.01. The standard InChI is InChI=1S/C23H29N3O2/c27-22-23(12-14-24-15-13-23)26(21-10-5-2-6-11-21)19-25(22)16-7-17-28-18-20-8-3-1-4-9-20/h1-6,8-11,24H,7,12-19H2. The number of anilines is 1. The van der Waals surface area contributed by atoms with Gasteiger partial charge in [0.2, 0.25) is 5.91 Å². The molecule has 28 heavy (non-hydrogen) atoms. The van der Waals surface area contributed by atoms with Gasteiger partial charge < -0.3 is 19.9 Å². The highest BCUT2D eigenvalue weighted by molar-refractivity contribution is 5.93. The molecule has 0 aromatic heterocycles. The molecule has 2 heterocycles. The van der Waals surface area contributed by atoms with Crippen LogP contribution in [-0.2, 0) is 16.1 Å². The van der Waals surface area contributed by atoms with E-state index >= 15 is 0 Å². The van der Waals surface area contributed by atoms with Crippen molar-refractivity contribution in [2.24, 2.45) is 0 Å². The van der Waals surface area contributed by atoms with Crippen LogP contribution in [0, 0.1) is 0 Å². The van der Waals surface area contributed by atoms with E-state index < -0.39 is 5.54 Å². The maximum absolute atomic E-state index is 13.4. The van der Waals surface area contributed by atoms with Crippen molar-refractivity contribution in [1.82, 2.24) is 10.2 Å². The van der Waals surface area contributed by atoms with Crippen molar-refractivity contribution in [2.45, 2.75) is 31.4 Å². The number of piperidine rings is 1. The van der Waals surface area contributed by atoms with Crippen molar-refractivity contribution in [3.63, 3.8) is 0 Å². The van der Waals surface area contributed by atoms with Crippen LogP contribution in [0.4, 0.5) is 5.69 Å². The summed E-state index contributed by atoms with van der Waals surface area (Å²) in [6, 6.07) is 20.6. The lowest BCUT2D eigenvalue weighted by Crippen LogP contribution is -2.55. The van der Waals surface area contributed by atoms with Gasteiger partial charge in [-0.3, -0.25) is 4.79 Å². The molecule has 0 saturated carbocycles. The van der Waals surface area contributed by atoms with Crippen LogP contribution >= 0.6 is 0 Å². The summed E-state index contributed by atoms with van der Waals surface area (Å²) in [4.78, 5) is 17.7. The summed E-state index contributed by atoms with van der Waals surface area (Å²) in [7, 11) is 0. The van der Waals surface area contributed by atoms with E-state index in [1.54, 1.807) is 0 Å². The van der Waals surface area contributed by atoms with Crippen LogP contribution in [0.5, 0.6) is 0 Å². The number of nitrogens with zero attached hydrogens (tertiary/aromatic N) is 2. The Balaban J connectivity index is 1.36. The lowest BCUT2D eigenvalue weighted by molar-refractivity contribution is -0.133. The van der Waals surface area contributed by atoms with Gasteiger partial charge in [-0.25, -0.2) is 0 Å². The molecular formula is C23H29N3O2. The number of carbonyl (C=O) groups excluding carboxylic acids is 1. The van der Waals surface area contributed by atoms with Gasteiger partial charge in [-0.1, -0.05) is 48.5 Å². The number of benzene rings is 2. The van der Waals surface area contributed by atoms with Crippen molar-refractivity contribution in [3.05, 3.63) is 66.2 Å². The Morgan fingerprint density at radius 2 is 1.64 bits per heavy atom. The van der Waals surface area contributed by atoms with Crippen molar-refractivity contribution in [2.75, 3.05) is 37.8 Å². The second-order valence-corrected chi connectivity index (χ2v) is 7.65. The monoisotopic (exact) mass is 379 g/mol. The molecule has 2 aromatic carbocycles. The van der Waals surface area contributed by atoms with Gasteiger partial charge in [0.05, 0.1) is 13.3 Å². The second kappa shape index (κ2) is 8.76. The molecule has 1 spiro atoms. The quantitative estimate of drug-likeness (QED) is 0.751. The zero-order valence-electron chi connectivity index (χ0n) is 16.3. The fourth-order valence-corrected chi connectivity index (χ4v) is 4.33. The Morgan fingerprint density at radius 3 is 2.36 bits per heavy atom. The molecular weight excluding hydrogens is 350 g/mol. The molecule has 0 bridgehead atoms. The van der Waals surface area contributed by atoms with Gasteiger partial charge in [0.25, 0.3) is 0 Å². The Morgan fingerprint density at radius 1 is 0.964 bits per heavy atom. The van der Waals surface area contributed by atoms with Gasteiger partial charge in [0.15, 0.2) is 0 Å². The van der Waals surface area contributed by atoms with Crippen molar-refractivity contribution in [3.8, 4) is 0 Å². The van der Waals surface area contributed by atoms with E-state index in [1.165, 1.54) is 5.56 Å². The first-order valence-electron chi connectivity index (χ1n) is 10.2. The molecule has 0 atom stereocenters. The van der Waals surface area contributed by atoms with Gasteiger partial charge >= 0.3 is 0 Å². The molecule has 148 valence electrons. The summed E-state index contributed by atoms with van der Waals surface area (Å²) >= 11 is 0. The van der Waals surface area contributed by atoms with Crippen LogP contribution in [0.15, 0.2) is 60.7 Å². The second-order valence-electron chi connectivity index (χ2n) is 7.65. The Labute approximate surface area is 167 Å². The smallest absolute Gasteiger partial charge is 0.250 e. The van der Waals surface area contributed by atoms with Gasteiger partial charge in [-0.2, -0.15) is 0 Å². The highest BCUT2D eigenvalue weighted by Gasteiger charge is 2.52. The predicted molar refractivity (Wildman–Crippen MR) is 111 cm³/mol. The van der Waals surface area contributed by atoms with E-state index in [0.29, 0.717) is 19.9 Å². The lowest BCUT2D eigenvalue weighted by atomic mass is 9.86. The fourth-order valence-electron chi connectivity index (χ4n) is 4.33. The number of hydrogen-bond donors (Lipinski definition) is 1. The summed E-state index contributed by atoms with van der Waals surface area (Å²) in [5, 5.41) is 3.40. The first-order chi connectivity index (χ1) is 13.8. The van der Waals surface area contributed by atoms with Gasteiger partial charge in [0, 0.05) is 18.8 Å². The summed E-state index contributed by atoms with van der Waals surface area (Å²) in [6.45, 7) is 4.49. The number of para-hydroxylation sites is 1. The maximum Gasteiger partial charge on any atom is 0.250 e. The van der Waals surface area contributed by atoms with Crippen molar-refractivity contribution < 1.29 is 9.53 Å². The number of nitrogens with one attached hydrogen (secondary N) is 1. The molecule has 0 radical (unpaired) electrons. The van der Waals surface area contributed by atoms with E-state index in [4.69, 9.17) is 4.74 Å². The third-order valence-electron chi connectivity index (χ3n) is 5.84. The van der Waals surface area contributed by atoms with E-state index in [2.05, 4.69) is 46.6 Å². The van der Waals surface area contributed by atoms with E-state index in [9.17, 15) is 4.79 Å². The highest BCUT2D eigenvalue weighted by atomic mass is 16.5. The predicted octanol–water partition coefficient (Wildman–Crippen LogP) is 3.02. The summed E-state index contributed by atoms with van der Waals surface area (Å²) in [5.74, 6) is 0.279. The minimum absolute atomic E-state index is 0.279. The molecule has 0 aliphatic carbocycles. The molecule has 2 aliphatic heterocycles. The summed E-state index contributed by atoms with van der Waals surface area (Å²) < 4.78 is 5.80. The number of carbonyl (C=O) groups is 1. The van der Waals surface area contributed by atoms with Gasteiger partial charge in [-0.05, 0) is 50.0 Å². The molecule has 0 unspecified atom stereocenters. The van der Waals surface area contributed by atoms with Crippen LogP contribution in [0.3, 0.4) is 0 Å². The van der Waals surface area contributed by atoms with Gasteiger partial charge in [0.1, 0.15) is 5.54 Å². The van der Waals surface area contributed by atoms with Crippen molar-refractivity contribution in [1.29, 1.82) is 0 Å². The average molecular weight is 380 g/mol. The first kappa shape index (κ1) is 19.0. The SMILES string of the molecule is O=C1N(CCCOCc2ccccc2)CN(c2ccccc2)C12CCNCC2. The van der Waals surface area contributed by atoms with E-state index in [0.717, 1.165) is 44.6 Å². The zero-order chi connectivity index (χ0) is 19.2. The van der Waals surface area contributed by atoms with Crippen LogP contribution in [0.1, 0.15) is 24.8 Å². The van der Waals surface area contributed by atoms with Gasteiger partial charge in [-0.15, -0.1) is 0 Å². The third kappa shape index (κ3) is 3.91. The van der Waals surface area contributed by atoms with Crippen LogP contribution in [0.2, 0.25) is 0 Å². The maximum atomic E-state index is 13.4. The summed E-state index contributed by atoms with van der Waals surface area (Å²) in [5.41, 5.74) is 1.93. The lowest BCUT2D eigenvalue weighted by Gasteiger charge is -2.40. The summed E-state index contributed by atoms with van der Waals surface area (Å²) in [6.07, 6.45) is 2.58. The number of ether oxygens (including phenoxy) is 1. The number of hydrogen-bond acceptors (Lipinski definition) is 4.